The number of hydrogen-bond acceptors (Lipinski definition) is 2. The maximum atomic E-state index is 5.79. The summed E-state index contributed by atoms with van der Waals surface area (Å²) in [4.78, 5) is 0. The van der Waals surface area contributed by atoms with Crippen molar-refractivity contribution in [2.24, 2.45) is 11.7 Å². The van der Waals surface area contributed by atoms with Gasteiger partial charge in [0, 0.05) is 13.2 Å². The third-order valence-corrected chi connectivity index (χ3v) is 3.41. The fourth-order valence-corrected chi connectivity index (χ4v) is 1.91. The van der Waals surface area contributed by atoms with Crippen LogP contribution in [0.15, 0.2) is 18.2 Å². The summed E-state index contributed by atoms with van der Waals surface area (Å²) in [7, 11) is 0. The second-order valence-corrected chi connectivity index (χ2v) is 4.66. The Bertz CT molecular complexity index is 332. The third-order valence-electron chi connectivity index (χ3n) is 3.41. The summed E-state index contributed by atoms with van der Waals surface area (Å²) in [5.41, 5.74) is 9.35. The molecule has 0 atom stereocenters. The smallest absolute Gasteiger partial charge is 0.0719 e. The van der Waals surface area contributed by atoms with Crippen LogP contribution in [0.1, 0.15) is 43.4 Å². The summed E-state index contributed by atoms with van der Waals surface area (Å²) in [5, 5.41) is 0. The monoisotopic (exact) mass is 235 g/mol. The highest BCUT2D eigenvalue weighted by Crippen LogP contribution is 2.14. The molecule has 0 saturated carbocycles. The molecule has 2 N–H and O–H groups in total. The molecule has 2 nitrogen and oxygen atoms in total. The van der Waals surface area contributed by atoms with Crippen LogP contribution in [0, 0.1) is 12.8 Å². The summed E-state index contributed by atoms with van der Waals surface area (Å²) >= 11 is 0. The lowest BCUT2D eigenvalue weighted by Gasteiger charge is -2.14. The second kappa shape index (κ2) is 7.46. The number of rotatable bonds is 7. The first-order valence-corrected chi connectivity index (χ1v) is 6.57. The first-order chi connectivity index (χ1) is 8.21. The zero-order chi connectivity index (χ0) is 12.7. The standard InChI is InChI=1S/C15H25NO/c1-4-13(5-2)10-17-11-15-7-6-14(9-16)8-12(15)3/h6-8,13H,4-5,9-11,16H2,1-3H3. The predicted molar refractivity (Wildman–Crippen MR) is 72.8 cm³/mol. The van der Waals surface area contributed by atoms with Crippen LogP contribution in [0.25, 0.3) is 0 Å². The van der Waals surface area contributed by atoms with Crippen LogP contribution < -0.4 is 5.73 Å². The summed E-state index contributed by atoms with van der Waals surface area (Å²) in [6.07, 6.45) is 2.39. The van der Waals surface area contributed by atoms with E-state index in [1.54, 1.807) is 0 Å². The van der Waals surface area contributed by atoms with Gasteiger partial charge in [-0.3, -0.25) is 0 Å². The lowest BCUT2D eigenvalue weighted by molar-refractivity contribution is 0.0840. The SMILES string of the molecule is CCC(CC)COCc1ccc(CN)cc1C. The number of hydrogen-bond donors (Lipinski definition) is 1. The van der Waals surface area contributed by atoms with Gasteiger partial charge in [0.2, 0.25) is 0 Å². The van der Waals surface area contributed by atoms with E-state index in [1.165, 1.54) is 29.5 Å². The molecule has 1 aromatic carbocycles. The van der Waals surface area contributed by atoms with Crippen LogP contribution in [0.5, 0.6) is 0 Å². The Morgan fingerprint density at radius 3 is 2.47 bits per heavy atom. The minimum Gasteiger partial charge on any atom is -0.376 e. The van der Waals surface area contributed by atoms with E-state index < -0.39 is 0 Å². The van der Waals surface area contributed by atoms with Gasteiger partial charge < -0.3 is 10.5 Å². The van der Waals surface area contributed by atoms with E-state index >= 15 is 0 Å². The summed E-state index contributed by atoms with van der Waals surface area (Å²) in [5.74, 6) is 0.693. The van der Waals surface area contributed by atoms with Crippen LogP contribution in [0.4, 0.5) is 0 Å². The zero-order valence-corrected chi connectivity index (χ0v) is 11.3. The van der Waals surface area contributed by atoms with Gasteiger partial charge in [0.05, 0.1) is 6.61 Å². The van der Waals surface area contributed by atoms with E-state index in [0.29, 0.717) is 19.1 Å². The third kappa shape index (κ3) is 4.49. The molecule has 0 aliphatic carbocycles. The van der Waals surface area contributed by atoms with Crippen molar-refractivity contribution in [3.05, 3.63) is 34.9 Å². The Morgan fingerprint density at radius 1 is 1.24 bits per heavy atom. The highest BCUT2D eigenvalue weighted by Gasteiger charge is 2.04. The quantitative estimate of drug-likeness (QED) is 0.786. The van der Waals surface area contributed by atoms with E-state index in [-0.39, 0.29) is 0 Å². The Labute approximate surface area is 105 Å². The Morgan fingerprint density at radius 2 is 1.94 bits per heavy atom. The van der Waals surface area contributed by atoms with Gasteiger partial charge in [0.15, 0.2) is 0 Å². The minimum atomic E-state index is 0.607. The fourth-order valence-electron chi connectivity index (χ4n) is 1.91. The average molecular weight is 235 g/mol. The maximum absolute atomic E-state index is 5.79. The molecule has 1 rings (SSSR count). The van der Waals surface area contributed by atoms with E-state index in [9.17, 15) is 0 Å². The van der Waals surface area contributed by atoms with Gasteiger partial charge in [-0.1, -0.05) is 44.9 Å². The average Bonchev–Trinajstić information content (AvgIpc) is 2.36. The molecule has 0 unspecified atom stereocenters. The molecule has 0 bridgehead atoms. The Hall–Kier alpha value is -0.860. The molecule has 0 heterocycles. The Kier molecular flexibility index (Phi) is 6.23. The molecule has 0 aliphatic heterocycles. The number of aryl methyl sites for hydroxylation is 1. The highest BCUT2D eigenvalue weighted by atomic mass is 16.5. The van der Waals surface area contributed by atoms with Crippen molar-refractivity contribution in [1.29, 1.82) is 0 Å². The summed E-state index contributed by atoms with van der Waals surface area (Å²) in [6.45, 7) is 8.75. The fraction of sp³-hybridized carbons (Fsp3) is 0.600. The first-order valence-electron chi connectivity index (χ1n) is 6.57. The molecule has 2 heteroatoms. The van der Waals surface area contributed by atoms with Crippen molar-refractivity contribution in [1.82, 2.24) is 0 Å². The van der Waals surface area contributed by atoms with Crippen molar-refractivity contribution in [3.63, 3.8) is 0 Å². The predicted octanol–water partition coefficient (Wildman–Crippen LogP) is 3.41. The first kappa shape index (κ1) is 14.2. The van der Waals surface area contributed by atoms with Crippen molar-refractivity contribution in [3.8, 4) is 0 Å². The molecule has 0 spiro atoms. The topological polar surface area (TPSA) is 35.2 Å². The molecule has 0 fully saturated rings. The van der Waals surface area contributed by atoms with E-state index in [0.717, 1.165) is 6.61 Å². The number of ether oxygens (including phenoxy) is 1. The van der Waals surface area contributed by atoms with Crippen molar-refractivity contribution in [2.75, 3.05) is 6.61 Å². The molecule has 1 aromatic rings. The molecule has 0 radical (unpaired) electrons. The molecule has 0 saturated heterocycles. The molecule has 0 aliphatic rings. The lowest BCUT2D eigenvalue weighted by Crippen LogP contribution is -2.08. The lowest BCUT2D eigenvalue weighted by atomic mass is 10.0. The van der Waals surface area contributed by atoms with Crippen LogP contribution in [-0.4, -0.2) is 6.61 Å². The van der Waals surface area contributed by atoms with Gasteiger partial charge in [-0.15, -0.1) is 0 Å². The van der Waals surface area contributed by atoms with Crippen LogP contribution >= 0.6 is 0 Å². The molecule has 17 heavy (non-hydrogen) atoms. The summed E-state index contributed by atoms with van der Waals surface area (Å²) in [6, 6.07) is 6.36. The van der Waals surface area contributed by atoms with Crippen molar-refractivity contribution < 1.29 is 4.74 Å². The van der Waals surface area contributed by atoms with Crippen molar-refractivity contribution in [2.45, 2.75) is 46.8 Å². The normalized spacial score (nSPS) is 11.1. The minimum absolute atomic E-state index is 0.607. The van der Waals surface area contributed by atoms with Gasteiger partial charge in [-0.25, -0.2) is 0 Å². The molecular weight excluding hydrogens is 210 g/mol. The van der Waals surface area contributed by atoms with Crippen LogP contribution in [0.3, 0.4) is 0 Å². The summed E-state index contributed by atoms with van der Waals surface area (Å²) < 4.78 is 5.79. The second-order valence-electron chi connectivity index (χ2n) is 4.66. The van der Waals surface area contributed by atoms with Gasteiger partial charge in [-0.2, -0.15) is 0 Å². The van der Waals surface area contributed by atoms with E-state index in [1.807, 2.05) is 0 Å². The van der Waals surface area contributed by atoms with E-state index in [4.69, 9.17) is 10.5 Å². The van der Waals surface area contributed by atoms with Gasteiger partial charge in [0.25, 0.3) is 0 Å². The molecule has 0 amide bonds. The maximum Gasteiger partial charge on any atom is 0.0719 e. The van der Waals surface area contributed by atoms with Gasteiger partial charge in [-0.05, 0) is 29.5 Å². The number of benzene rings is 1. The van der Waals surface area contributed by atoms with Crippen LogP contribution in [0.2, 0.25) is 0 Å². The van der Waals surface area contributed by atoms with E-state index in [2.05, 4.69) is 39.0 Å². The highest BCUT2D eigenvalue weighted by molar-refractivity contribution is 5.30. The Balaban J connectivity index is 2.46. The number of nitrogens with two attached hydrogens (primary N) is 1. The molecule has 0 aromatic heterocycles. The van der Waals surface area contributed by atoms with Crippen LogP contribution in [-0.2, 0) is 17.9 Å². The van der Waals surface area contributed by atoms with Gasteiger partial charge in [0.1, 0.15) is 0 Å². The van der Waals surface area contributed by atoms with Crippen molar-refractivity contribution >= 4 is 0 Å². The molecule has 96 valence electrons. The molecular formula is C15H25NO. The zero-order valence-electron chi connectivity index (χ0n) is 11.3. The largest absolute Gasteiger partial charge is 0.376 e. The van der Waals surface area contributed by atoms with Gasteiger partial charge >= 0.3 is 0 Å².